The van der Waals surface area contributed by atoms with Crippen LogP contribution in [0.15, 0.2) is 60.7 Å². The minimum Gasteiger partial charge on any atom is -0.479 e. The Morgan fingerprint density at radius 3 is 2.37 bits per heavy atom. The first kappa shape index (κ1) is 21.2. The summed E-state index contributed by atoms with van der Waals surface area (Å²) in [6.07, 6.45) is 0. The Bertz CT molecular complexity index is 1060. The van der Waals surface area contributed by atoms with Gasteiger partial charge in [0.15, 0.2) is 18.2 Å². The molecule has 0 aliphatic rings. The first-order chi connectivity index (χ1) is 14.4. The molecule has 156 valence electrons. The van der Waals surface area contributed by atoms with Crippen molar-refractivity contribution >= 4 is 17.3 Å². The molecule has 3 aromatic carbocycles. The molecule has 0 saturated carbocycles. The summed E-state index contributed by atoms with van der Waals surface area (Å²) in [6.45, 7) is 1.32. The Kier molecular flexibility index (Phi) is 6.61. The van der Waals surface area contributed by atoms with Crippen molar-refractivity contribution in [2.24, 2.45) is 0 Å². The standard InChI is InChI=1S/C23H20F3NO3/c1-3-29-21(28)14-30-20-11-10-19(25)23(22(20)26)27(2)18-9-5-7-16(13-18)15-6-4-8-17(24)12-15/h4-13H,3,14H2,1-2H3. The van der Waals surface area contributed by atoms with Gasteiger partial charge in [-0.05, 0) is 54.4 Å². The van der Waals surface area contributed by atoms with Gasteiger partial charge in [-0.1, -0.05) is 24.3 Å². The molecule has 4 nitrogen and oxygen atoms in total. The van der Waals surface area contributed by atoms with E-state index in [1.807, 2.05) is 0 Å². The summed E-state index contributed by atoms with van der Waals surface area (Å²) in [5.41, 5.74) is 1.47. The Labute approximate surface area is 172 Å². The zero-order valence-electron chi connectivity index (χ0n) is 16.5. The molecule has 0 fully saturated rings. The van der Waals surface area contributed by atoms with Crippen LogP contribution in [0, 0.1) is 17.5 Å². The first-order valence-corrected chi connectivity index (χ1v) is 9.27. The molecule has 0 atom stereocenters. The van der Waals surface area contributed by atoms with Gasteiger partial charge in [0.25, 0.3) is 0 Å². The molecule has 0 bridgehead atoms. The summed E-state index contributed by atoms with van der Waals surface area (Å²) >= 11 is 0. The summed E-state index contributed by atoms with van der Waals surface area (Å²) in [6, 6.07) is 15.1. The van der Waals surface area contributed by atoms with Crippen molar-refractivity contribution in [2.45, 2.75) is 6.92 Å². The van der Waals surface area contributed by atoms with Crippen LogP contribution in [-0.2, 0) is 9.53 Å². The lowest BCUT2D eigenvalue weighted by molar-refractivity contribution is -0.145. The van der Waals surface area contributed by atoms with E-state index in [4.69, 9.17) is 9.47 Å². The highest BCUT2D eigenvalue weighted by atomic mass is 19.1. The van der Waals surface area contributed by atoms with Crippen LogP contribution < -0.4 is 9.64 Å². The van der Waals surface area contributed by atoms with E-state index in [2.05, 4.69) is 0 Å². The van der Waals surface area contributed by atoms with Gasteiger partial charge in [-0.15, -0.1) is 0 Å². The Morgan fingerprint density at radius 2 is 1.67 bits per heavy atom. The quantitative estimate of drug-likeness (QED) is 0.479. The highest BCUT2D eigenvalue weighted by Gasteiger charge is 2.20. The molecule has 0 heterocycles. The van der Waals surface area contributed by atoms with Gasteiger partial charge in [0.05, 0.1) is 6.61 Å². The summed E-state index contributed by atoms with van der Waals surface area (Å²) in [4.78, 5) is 12.8. The van der Waals surface area contributed by atoms with Crippen molar-refractivity contribution in [3.05, 3.63) is 78.1 Å². The van der Waals surface area contributed by atoms with Gasteiger partial charge in [-0.25, -0.2) is 18.0 Å². The molecule has 0 N–H and O–H groups in total. The molecule has 0 aliphatic heterocycles. The summed E-state index contributed by atoms with van der Waals surface area (Å²) < 4.78 is 52.9. The second-order valence-electron chi connectivity index (χ2n) is 6.42. The highest BCUT2D eigenvalue weighted by molar-refractivity contribution is 5.73. The Morgan fingerprint density at radius 1 is 0.967 bits per heavy atom. The fraction of sp³-hybridized carbons (Fsp3) is 0.174. The molecule has 0 saturated heterocycles. The molecule has 0 aliphatic carbocycles. The highest BCUT2D eigenvalue weighted by Crippen LogP contribution is 2.35. The third-order valence-electron chi connectivity index (χ3n) is 4.41. The molecule has 0 radical (unpaired) electrons. The first-order valence-electron chi connectivity index (χ1n) is 9.27. The number of ether oxygens (including phenoxy) is 2. The van der Waals surface area contributed by atoms with E-state index in [0.29, 0.717) is 16.8 Å². The zero-order valence-corrected chi connectivity index (χ0v) is 16.5. The molecule has 0 spiro atoms. The number of hydrogen-bond donors (Lipinski definition) is 0. The van der Waals surface area contributed by atoms with Crippen molar-refractivity contribution in [3.8, 4) is 16.9 Å². The second kappa shape index (κ2) is 9.35. The van der Waals surface area contributed by atoms with Crippen molar-refractivity contribution in [1.29, 1.82) is 0 Å². The van der Waals surface area contributed by atoms with E-state index in [1.165, 1.54) is 24.1 Å². The number of esters is 1. The van der Waals surface area contributed by atoms with Crippen LogP contribution >= 0.6 is 0 Å². The van der Waals surface area contributed by atoms with Gasteiger partial charge < -0.3 is 14.4 Å². The summed E-state index contributed by atoms with van der Waals surface area (Å²) in [5.74, 6) is -3.05. The lowest BCUT2D eigenvalue weighted by Crippen LogP contribution is -2.17. The largest absolute Gasteiger partial charge is 0.479 e. The number of rotatable bonds is 7. The molecule has 3 aromatic rings. The fourth-order valence-electron chi connectivity index (χ4n) is 2.97. The van der Waals surface area contributed by atoms with E-state index in [0.717, 1.165) is 12.1 Å². The Hall–Kier alpha value is -3.48. The molecule has 30 heavy (non-hydrogen) atoms. The van der Waals surface area contributed by atoms with E-state index in [-0.39, 0.29) is 23.9 Å². The molecule has 7 heteroatoms. The van der Waals surface area contributed by atoms with Gasteiger partial charge in [0.1, 0.15) is 17.3 Å². The second-order valence-corrected chi connectivity index (χ2v) is 6.42. The predicted octanol–water partition coefficient (Wildman–Crippen LogP) is 5.48. The molecular formula is C23H20F3NO3. The van der Waals surface area contributed by atoms with Crippen LogP contribution in [-0.4, -0.2) is 26.2 Å². The molecular weight excluding hydrogens is 395 g/mol. The van der Waals surface area contributed by atoms with Crippen LogP contribution in [0.4, 0.5) is 24.5 Å². The lowest BCUT2D eigenvalue weighted by Gasteiger charge is -2.22. The number of halogens is 3. The zero-order chi connectivity index (χ0) is 21.7. The van der Waals surface area contributed by atoms with E-state index in [1.54, 1.807) is 43.3 Å². The molecule has 0 amide bonds. The number of anilines is 2. The third-order valence-corrected chi connectivity index (χ3v) is 4.41. The number of nitrogens with zero attached hydrogens (tertiary/aromatic N) is 1. The van der Waals surface area contributed by atoms with Crippen molar-refractivity contribution < 1.29 is 27.4 Å². The summed E-state index contributed by atoms with van der Waals surface area (Å²) in [5, 5.41) is 0. The average molecular weight is 415 g/mol. The monoisotopic (exact) mass is 415 g/mol. The minimum absolute atomic E-state index is 0.170. The van der Waals surface area contributed by atoms with Gasteiger partial charge in [-0.2, -0.15) is 0 Å². The maximum Gasteiger partial charge on any atom is 0.344 e. The van der Waals surface area contributed by atoms with Crippen LogP contribution in [0.25, 0.3) is 11.1 Å². The SMILES string of the molecule is CCOC(=O)COc1ccc(F)c(N(C)c2cccc(-c3cccc(F)c3)c2)c1F. The molecule has 0 aromatic heterocycles. The van der Waals surface area contributed by atoms with Gasteiger partial charge in [0.2, 0.25) is 0 Å². The average Bonchev–Trinajstić information content (AvgIpc) is 2.73. The predicted molar refractivity (Wildman–Crippen MR) is 108 cm³/mol. The van der Waals surface area contributed by atoms with Gasteiger partial charge in [-0.3, -0.25) is 0 Å². The van der Waals surface area contributed by atoms with Gasteiger partial charge >= 0.3 is 5.97 Å². The maximum atomic E-state index is 15.0. The number of benzene rings is 3. The minimum atomic E-state index is -0.946. The molecule has 0 unspecified atom stereocenters. The fourth-order valence-corrected chi connectivity index (χ4v) is 2.97. The van der Waals surface area contributed by atoms with Crippen molar-refractivity contribution in [2.75, 3.05) is 25.2 Å². The van der Waals surface area contributed by atoms with Crippen LogP contribution in [0.2, 0.25) is 0 Å². The topological polar surface area (TPSA) is 38.8 Å². The lowest BCUT2D eigenvalue weighted by atomic mass is 10.0. The summed E-state index contributed by atoms with van der Waals surface area (Å²) in [7, 11) is 1.50. The molecule has 3 rings (SSSR count). The normalized spacial score (nSPS) is 10.6. The Balaban J connectivity index is 1.91. The number of hydrogen-bond acceptors (Lipinski definition) is 4. The van der Waals surface area contributed by atoms with Crippen LogP contribution in [0.5, 0.6) is 5.75 Å². The maximum absolute atomic E-state index is 15.0. The van der Waals surface area contributed by atoms with E-state index >= 15 is 0 Å². The smallest absolute Gasteiger partial charge is 0.344 e. The van der Waals surface area contributed by atoms with Crippen LogP contribution in [0.3, 0.4) is 0 Å². The van der Waals surface area contributed by atoms with Gasteiger partial charge in [0, 0.05) is 12.7 Å². The van der Waals surface area contributed by atoms with Crippen LogP contribution in [0.1, 0.15) is 6.92 Å². The van der Waals surface area contributed by atoms with E-state index < -0.39 is 24.2 Å². The number of carbonyl (C=O) groups excluding carboxylic acids is 1. The van der Waals surface area contributed by atoms with Crippen molar-refractivity contribution in [3.63, 3.8) is 0 Å². The van der Waals surface area contributed by atoms with E-state index in [9.17, 15) is 18.0 Å². The van der Waals surface area contributed by atoms with Crippen molar-refractivity contribution in [1.82, 2.24) is 0 Å². The third kappa shape index (κ3) is 4.74. The number of carbonyl (C=O) groups is 1.